The summed E-state index contributed by atoms with van der Waals surface area (Å²) in [6, 6.07) is 6.21. The van der Waals surface area contributed by atoms with Crippen LogP contribution >= 0.6 is 0 Å². The molecule has 2 rings (SSSR count). The van der Waals surface area contributed by atoms with E-state index in [4.69, 9.17) is 4.74 Å². The quantitative estimate of drug-likeness (QED) is 0.890. The minimum Gasteiger partial charge on any atom is -0.484 e. The van der Waals surface area contributed by atoms with Crippen LogP contribution in [-0.4, -0.2) is 54.6 Å². The van der Waals surface area contributed by atoms with Crippen LogP contribution in [0.5, 0.6) is 5.75 Å². The lowest BCUT2D eigenvalue weighted by molar-refractivity contribution is -0.153. The number of carboxylic acid groups (broad SMARTS) is 1. The molecule has 8 heteroatoms. The maximum atomic E-state index is 12.2. The Balaban J connectivity index is 2.07. The van der Waals surface area contributed by atoms with E-state index in [0.29, 0.717) is 19.6 Å². The second kappa shape index (κ2) is 7.01. The normalized spacial score (nSPS) is 19.0. The average molecular weight is 360 g/mol. The van der Waals surface area contributed by atoms with Crippen LogP contribution in [0.25, 0.3) is 0 Å². The number of hydrogen-bond donors (Lipinski definition) is 1. The lowest BCUT2D eigenvalue weighted by atomic mass is 9.84. The third-order valence-electron chi connectivity index (χ3n) is 4.23. The number of amides is 1. The standard InChI is InChI=1S/C17H23F3N2O3/c1-16(2,3)14-10-21(8-9-22(14)15(23)24)12-4-6-13(7-5-12)25-11-17(18,19)20/h4-7,14H,8-11H2,1-3H3,(H,23,24). The zero-order valence-electron chi connectivity index (χ0n) is 14.5. The summed E-state index contributed by atoms with van der Waals surface area (Å²) < 4.78 is 41.3. The van der Waals surface area contributed by atoms with Crippen LogP contribution in [0.1, 0.15) is 20.8 Å². The van der Waals surface area contributed by atoms with Crippen molar-refractivity contribution in [3.8, 4) is 5.75 Å². The molecule has 140 valence electrons. The highest BCUT2D eigenvalue weighted by Crippen LogP contribution is 2.31. The number of rotatable bonds is 3. The van der Waals surface area contributed by atoms with Crippen molar-refractivity contribution in [1.82, 2.24) is 4.90 Å². The zero-order chi connectivity index (χ0) is 18.8. The van der Waals surface area contributed by atoms with Crippen molar-refractivity contribution in [1.29, 1.82) is 0 Å². The fourth-order valence-electron chi connectivity index (χ4n) is 2.91. The molecule has 1 aliphatic rings. The highest BCUT2D eigenvalue weighted by Gasteiger charge is 2.38. The minimum absolute atomic E-state index is 0.151. The summed E-state index contributed by atoms with van der Waals surface area (Å²) in [5.74, 6) is 0.151. The van der Waals surface area contributed by atoms with E-state index in [9.17, 15) is 23.1 Å². The number of hydrogen-bond acceptors (Lipinski definition) is 3. The van der Waals surface area contributed by atoms with Gasteiger partial charge in [0.05, 0.1) is 6.04 Å². The fourth-order valence-corrected chi connectivity index (χ4v) is 2.91. The molecule has 1 atom stereocenters. The Morgan fingerprint density at radius 1 is 1.20 bits per heavy atom. The number of ether oxygens (including phenoxy) is 1. The summed E-state index contributed by atoms with van der Waals surface area (Å²) in [5, 5.41) is 9.39. The molecule has 0 bridgehead atoms. The molecule has 1 aromatic rings. The molecule has 1 aromatic carbocycles. The van der Waals surface area contributed by atoms with Crippen molar-refractivity contribution < 1.29 is 27.8 Å². The van der Waals surface area contributed by atoms with E-state index in [1.165, 1.54) is 17.0 Å². The summed E-state index contributed by atoms with van der Waals surface area (Å²) in [5.41, 5.74) is 0.603. The largest absolute Gasteiger partial charge is 0.484 e. The molecule has 0 aliphatic carbocycles. The summed E-state index contributed by atoms with van der Waals surface area (Å²) in [7, 11) is 0. The number of piperazine rings is 1. The lowest BCUT2D eigenvalue weighted by Gasteiger charge is -2.46. The Bertz CT molecular complexity index is 597. The van der Waals surface area contributed by atoms with E-state index in [2.05, 4.69) is 0 Å². The first-order chi connectivity index (χ1) is 11.5. The molecule has 1 aliphatic heterocycles. The predicted molar refractivity (Wildman–Crippen MR) is 88.2 cm³/mol. The highest BCUT2D eigenvalue weighted by atomic mass is 19.4. The number of alkyl halides is 3. The van der Waals surface area contributed by atoms with Gasteiger partial charge >= 0.3 is 12.3 Å². The smallest absolute Gasteiger partial charge is 0.422 e. The van der Waals surface area contributed by atoms with Crippen LogP contribution in [0.2, 0.25) is 0 Å². The summed E-state index contributed by atoms with van der Waals surface area (Å²) in [6.07, 6.45) is -5.30. The number of benzene rings is 1. The van der Waals surface area contributed by atoms with Crippen molar-refractivity contribution in [2.45, 2.75) is 33.0 Å². The predicted octanol–water partition coefficient (Wildman–Crippen LogP) is 3.84. The van der Waals surface area contributed by atoms with Crippen LogP contribution in [0.3, 0.4) is 0 Å². The Morgan fingerprint density at radius 2 is 1.80 bits per heavy atom. The van der Waals surface area contributed by atoms with Crippen LogP contribution in [0.15, 0.2) is 24.3 Å². The Hall–Kier alpha value is -2.12. The monoisotopic (exact) mass is 360 g/mol. The average Bonchev–Trinajstić information content (AvgIpc) is 2.51. The van der Waals surface area contributed by atoms with Gasteiger partial charge in [-0.3, -0.25) is 0 Å². The molecule has 0 spiro atoms. The molecule has 0 aromatic heterocycles. The SMILES string of the molecule is CC(C)(C)C1CN(c2ccc(OCC(F)(F)F)cc2)CCN1C(=O)O. The molecule has 1 unspecified atom stereocenters. The first-order valence-electron chi connectivity index (χ1n) is 8.01. The molecular formula is C17H23F3N2O3. The van der Waals surface area contributed by atoms with Crippen molar-refractivity contribution in [3.05, 3.63) is 24.3 Å². The van der Waals surface area contributed by atoms with E-state index in [1.807, 2.05) is 25.7 Å². The maximum Gasteiger partial charge on any atom is 0.422 e. The van der Waals surface area contributed by atoms with Crippen molar-refractivity contribution in [3.63, 3.8) is 0 Å². The van der Waals surface area contributed by atoms with E-state index >= 15 is 0 Å². The van der Waals surface area contributed by atoms with Gasteiger partial charge in [-0.15, -0.1) is 0 Å². The van der Waals surface area contributed by atoms with Crippen molar-refractivity contribution >= 4 is 11.8 Å². The molecule has 25 heavy (non-hydrogen) atoms. The molecule has 0 radical (unpaired) electrons. The summed E-state index contributed by atoms with van der Waals surface area (Å²) in [4.78, 5) is 15.0. The topological polar surface area (TPSA) is 53.0 Å². The van der Waals surface area contributed by atoms with Gasteiger partial charge < -0.3 is 19.6 Å². The summed E-state index contributed by atoms with van der Waals surface area (Å²) >= 11 is 0. The third-order valence-corrected chi connectivity index (χ3v) is 4.23. The third kappa shape index (κ3) is 5.17. The summed E-state index contributed by atoms with van der Waals surface area (Å²) in [6.45, 7) is 6.08. The van der Waals surface area contributed by atoms with Gasteiger partial charge in [0.1, 0.15) is 5.75 Å². The highest BCUT2D eigenvalue weighted by molar-refractivity contribution is 5.66. The first kappa shape index (κ1) is 19.2. The molecule has 1 fully saturated rings. The van der Waals surface area contributed by atoms with E-state index in [-0.39, 0.29) is 17.2 Å². The number of nitrogens with zero attached hydrogens (tertiary/aromatic N) is 2. The van der Waals surface area contributed by atoms with Gasteiger partial charge in [0.2, 0.25) is 0 Å². The van der Waals surface area contributed by atoms with Crippen LogP contribution in [0, 0.1) is 5.41 Å². The fraction of sp³-hybridized carbons (Fsp3) is 0.588. The van der Waals surface area contributed by atoms with Crippen LogP contribution in [0.4, 0.5) is 23.7 Å². The van der Waals surface area contributed by atoms with Gasteiger partial charge in [-0.1, -0.05) is 20.8 Å². The second-order valence-electron chi connectivity index (χ2n) is 7.20. The zero-order valence-corrected chi connectivity index (χ0v) is 14.5. The first-order valence-corrected chi connectivity index (χ1v) is 8.01. The molecule has 1 N–H and O–H groups in total. The van der Waals surface area contributed by atoms with Crippen LogP contribution < -0.4 is 9.64 Å². The molecule has 1 heterocycles. The second-order valence-corrected chi connectivity index (χ2v) is 7.20. The minimum atomic E-state index is -4.37. The maximum absolute atomic E-state index is 12.2. The van der Waals surface area contributed by atoms with Gasteiger partial charge in [-0.2, -0.15) is 13.2 Å². The number of anilines is 1. The Labute approximate surface area is 145 Å². The molecule has 1 saturated heterocycles. The lowest BCUT2D eigenvalue weighted by Crippen LogP contribution is -2.59. The molecule has 5 nitrogen and oxygen atoms in total. The van der Waals surface area contributed by atoms with Crippen molar-refractivity contribution in [2.24, 2.45) is 5.41 Å². The van der Waals surface area contributed by atoms with Gasteiger partial charge in [-0.25, -0.2) is 4.79 Å². The van der Waals surface area contributed by atoms with E-state index in [0.717, 1.165) is 5.69 Å². The Morgan fingerprint density at radius 3 is 2.28 bits per heavy atom. The van der Waals surface area contributed by atoms with Gasteiger partial charge in [0.15, 0.2) is 6.61 Å². The number of carbonyl (C=O) groups is 1. The van der Waals surface area contributed by atoms with Gasteiger partial charge in [-0.05, 0) is 29.7 Å². The number of halogens is 3. The van der Waals surface area contributed by atoms with Crippen LogP contribution in [-0.2, 0) is 0 Å². The Kier molecular flexibility index (Phi) is 5.39. The molecule has 0 saturated carbocycles. The molecular weight excluding hydrogens is 337 g/mol. The van der Waals surface area contributed by atoms with Gasteiger partial charge in [0, 0.05) is 25.3 Å². The molecule has 1 amide bonds. The van der Waals surface area contributed by atoms with E-state index in [1.54, 1.807) is 12.1 Å². The van der Waals surface area contributed by atoms with E-state index < -0.39 is 18.9 Å². The van der Waals surface area contributed by atoms with Gasteiger partial charge in [0.25, 0.3) is 0 Å². The van der Waals surface area contributed by atoms with Crippen molar-refractivity contribution in [2.75, 3.05) is 31.1 Å².